The molecule has 1 unspecified atom stereocenters. The molecule has 6 heteroatoms. The van der Waals surface area contributed by atoms with E-state index in [9.17, 15) is 5.11 Å². The van der Waals surface area contributed by atoms with Gasteiger partial charge >= 0.3 is 0 Å². The first-order valence-electron chi connectivity index (χ1n) is 21.6. The van der Waals surface area contributed by atoms with Gasteiger partial charge in [0.15, 0.2) is 5.60 Å². The summed E-state index contributed by atoms with van der Waals surface area (Å²) < 4.78 is 19.9. The third-order valence-corrected chi connectivity index (χ3v) is 13.4. The van der Waals surface area contributed by atoms with Crippen molar-refractivity contribution in [3.8, 4) is 39.5 Å². The Hall–Kier alpha value is -5.72. The summed E-state index contributed by atoms with van der Waals surface area (Å²) in [6.07, 6.45) is 12.0. The summed E-state index contributed by atoms with van der Waals surface area (Å²) in [5.74, 6) is 2.46. The van der Waals surface area contributed by atoms with E-state index in [2.05, 4.69) is 133 Å². The van der Waals surface area contributed by atoms with Crippen LogP contribution in [0.5, 0.6) is 17.2 Å². The molecule has 0 saturated carbocycles. The summed E-state index contributed by atoms with van der Waals surface area (Å²) in [5, 5.41) is 11.7. The zero-order valence-electron chi connectivity index (χ0n) is 34.6. The van der Waals surface area contributed by atoms with Gasteiger partial charge in [0, 0.05) is 59.4 Å². The van der Waals surface area contributed by atoms with Crippen LogP contribution in [0.4, 0.5) is 11.4 Å². The first-order valence-corrected chi connectivity index (χ1v) is 21.6. The van der Waals surface area contributed by atoms with E-state index in [1.54, 1.807) is 7.11 Å². The first kappa shape index (κ1) is 37.5. The maximum absolute atomic E-state index is 9.46. The second-order valence-corrected chi connectivity index (χ2v) is 17.2. The fourth-order valence-corrected chi connectivity index (χ4v) is 10.4. The lowest BCUT2D eigenvalue weighted by Gasteiger charge is -2.39. The largest absolute Gasteiger partial charge is 0.495 e. The van der Waals surface area contributed by atoms with Crippen LogP contribution in [0.1, 0.15) is 80.2 Å². The minimum Gasteiger partial charge on any atom is -0.495 e. The number of benzene rings is 6. The molecule has 1 aliphatic carbocycles. The fourth-order valence-electron chi connectivity index (χ4n) is 10.4. The molecule has 3 aliphatic heterocycles. The van der Waals surface area contributed by atoms with Gasteiger partial charge in [0.05, 0.1) is 19.4 Å². The highest BCUT2D eigenvalue weighted by molar-refractivity contribution is 6.10. The quantitative estimate of drug-likeness (QED) is 0.158. The van der Waals surface area contributed by atoms with E-state index >= 15 is 0 Å². The zero-order chi connectivity index (χ0) is 40.1. The number of nitrogens with zero attached hydrogens (tertiary/aromatic N) is 2. The van der Waals surface area contributed by atoms with Gasteiger partial charge in [0.25, 0.3) is 0 Å². The molecule has 2 fully saturated rings. The van der Waals surface area contributed by atoms with E-state index in [0.717, 1.165) is 65.4 Å². The van der Waals surface area contributed by atoms with Crippen LogP contribution in [0.2, 0.25) is 0 Å². The number of hydrogen-bond donors (Lipinski definition) is 1. The van der Waals surface area contributed by atoms with Crippen LogP contribution in [0.15, 0.2) is 115 Å². The van der Waals surface area contributed by atoms with E-state index in [4.69, 9.17) is 14.2 Å². The Morgan fingerprint density at radius 3 is 2.05 bits per heavy atom. The molecule has 6 nitrogen and oxygen atoms in total. The average molecular weight is 783 g/mol. The van der Waals surface area contributed by atoms with Gasteiger partial charge in [-0.1, -0.05) is 86.7 Å². The standard InChI is InChI=1S/C53H54N2O4/c1-52(2)46-33-37(36-13-7-4-8-14-36)15-24-42(46)49-44-34-47(55-29-11-6-12-30-55)48(57-3)35-45(44)51-43(50(49)52)25-26-53(59-51,39-18-22-41(23-19-39)58-32-31-56)38-16-20-40(21-17-38)54-27-9-5-10-28-54/h4,7-8,13-26,33-35,56H,5-6,9-12,27-32H2,1-3H3. The van der Waals surface area contributed by atoms with E-state index in [1.807, 2.05) is 12.1 Å². The van der Waals surface area contributed by atoms with Crippen molar-refractivity contribution in [2.45, 2.75) is 63.4 Å². The summed E-state index contributed by atoms with van der Waals surface area (Å²) in [7, 11) is 1.80. The number of hydrogen-bond acceptors (Lipinski definition) is 6. The zero-order valence-corrected chi connectivity index (χ0v) is 34.6. The van der Waals surface area contributed by atoms with Crippen LogP contribution >= 0.6 is 0 Å². The van der Waals surface area contributed by atoms with Gasteiger partial charge < -0.3 is 29.1 Å². The van der Waals surface area contributed by atoms with Crippen molar-refractivity contribution in [2.24, 2.45) is 0 Å². The van der Waals surface area contributed by atoms with Gasteiger partial charge in [0.1, 0.15) is 23.9 Å². The Bertz CT molecular complexity index is 2530. The van der Waals surface area contributed by atoms with Crippen molar-refractivity contribution in [2.75, 3.05) is 56.3 Å². The number of rotatable bonds is 9. The van der Waals surface area contributed by atoms with Crippen LogP contribution in [0, 0.1) is 0 Å². The van der Waals surface area contributed by atoms with Gasteiger partial charge in [-0.25, -0.2) is 0 Å². The predicted octanol–water partition coefficient (Wildman–Crippen LogP) is 11.5. The molecule has 3 heterocycles. The Balaban J connectivity index is 1.20. The number of ether oxygens (including phenoxy) is 3. The highest BCUT2D eigenvalue weighted by atomic mass is 16.5. The van der Waals surface area contributed by atoms with E-state index in [0.29, 0.717) is 5.75 Å². The number of aliphatic hydroxyl groups excluding tert-OH is 1. The topological polar surface area (TPSA) is 54.4 Å². The van der Waals surface area contributed by atoms with Gasteiger partial charge in [-0.3, -0.25) is 0 Å². The lowest BCUT2D eigenvalue weighted by Crippen LogP contribution is -2.35. The molecular weight excluding hydrogens is 729 g/mol. The SMILES string of the molecule is COc1cc2c3c(c4c(c2cc1N1CCCCC1)-c1ccc(-c2ccccc2)cc1C4(C)C)C=CC(c1ccc(OCCO)cc1)(c1ccc(N2CCCCC2)cc1)O3. The van der Waals surface area contributed by atoms with Crippen LogP contribution in [-0.4, -0.2) is 51.6 Å². The van der Waals surface area contributed by atoms with Gasteiger partial charge in [0.2, 0.25) is 0 Å². The Labute approximate surface area is 348 Å². The van der Waals surface area contributed by atoms with E-state index in [-0.39, 0.29) is 18.6 Å². The maximum Gasteiger partial charge on any atom is 0.178 e. The second kappa shape index (κ2) is 15.1. The molecule has 6 aromatic carbocycles. The molecule has 6 aromatic rings. The Morgan fingerprint density at radius 1 is 0.695 bits per heavy atom. The second-order valence-electron chi connectivity index (χ2n) is 17.2. The molecule has 1 atom stereocenters. The summed E-state index contributed by atoms with van der Waals surface area (Å²) in [5.41, 5.74) is 12.0. The Morgan fingerprint density at radius 2 is 1.37 bits per heavy atom. The third-order valence-electron chi connectivity index (χ3n) is 13.4. The highest BCUT2D eigenvalue weighted by Gasteiger charge is 2.45. The summed E-state index contributed by atoms with van der Waals surface area (Å²) in [6.45, 7) is 9.19. The molecule has 4 aliphatic rings. The molecule has 0 amide bonds. The monoisotopic (exact) mass is 782 g/mol. The fraction of sp³-hybridized carbons (Fsp3) is 0.321. The van der Waals surface area contributed by atoms with Gasteiger partial charge in [-0.15, -0.1) is 0 Å². The van der Waals surface area contributed by atoms with E-state index < -0.39 is 5.60 Å². The molecule has 0 spiro atoms. The number of piperidine rings is 2. The van der Waals surface area contributed by atoms with Crippen LogP contribution in [0.3, 0.4) is 0 Å². The van der Waals surface area contributed by atoms with Crippen molar-refractivity contribution < 1.29 is 19.3 Å². The van der Waals surface area contributed by atoms with Crippen LogP contribution in [-0.2, 0) is 11.0 Å². The molecular formula is C53H54N2O4. The van der Waals surface area contributed by atoms with Gasteiger partial charge in [-0.05, 0) is 126 Å². The molecule has 10 rings (SSSR count). The first-order chi connectivity index (χ1) is 28.9. The lowest BCUT2D eigenvalue weighted by molar-refractivity contribution is 0.163. The van der Waals surface area contributed by atoms with Crippen molar-refractivity contribution in [1.82, 2.24) is 0 Å². The molecule has 0 bridgehead atoms. The summed E-state index contributed by atoms with van der Waals surface area (Å²) in [4.78, 5) is 5.02. The normalized spacial score (nSPS) is 19.2. The molecule has 0 radical (unpaired) electrons. The van der Waals surface area contributed by atoms with Crippen molar-refractivity contribution in [3.63, 3.8) is 0 Å². The van der Waals surface area contributed by atoms with Crippen LogP contribution in [0.25, 0.3) is 39.1 Å². The van der Waals surface area contributed by atoms with Crippen molar-refractivity contribution in [1.29, 1.82) is 0 Å². The average Bonchev–Trinajstić information content (AvgIpc) is 3.54. The maximum atomic E-state index is 9.46. The molecule has 0 aromatic heterocycles. The number of methoxy groups -OCH3 is 1. The lowest BCUT2D eigenvalue weighted by atomic mass is 9.76. The molecule has 59 heavy (non-hydrogen) atoms. The predicted molar refractivity (Wildman–Crippen MR) is 242 cm³/mol. The van der Waals surface area contributed by atoms with Crippen molar-refractivity contribution in [3.05, 3.63) is 143 Å². The van der Waals surface area contributed by atoms with E-state index in [1.165, 1.54) is 83.0 Å². The summed E-state index contributed by atoms with van der Waals surface area (Å²) >= 11 is 0. The number of anilines is 2. The minimum absolute atomic E-state index is 0.0359. The molecule has 300 valence electrons. The highest BCUT2D eigenvalue weighted by Crippen LogP contribution is 2.59. The summed E-state index contributed by atoms with van der Waals surface area (Å²) in [6, 6.07) is 39.7. The smallest absolute Gasteiger partial charge is 0.178 e. The number of aliphatic hydroxyl groups is 1. The molecule has 1 N–H and O–H groups in total. The van der Waals surface area contributed by atoms with Crippen molar-refractivity contribution >= 4 is 28.2 Å². The van der Waals surface area contributed by atoms with Gasteiger partial charge in [-0.2, -0.15) is 0 Å². The number of fused-ring (bicyclic) bond motifs is 8. The third kappa shape index (κ3) is 6.35. The molecule has 2 saturated heterocycles. The van der Waals surface area contributed by atoms with Crippen LogP contribution < -0.4 is 24.0 Å². The minimum atomic E-state index is -0.932. The Kier molecular flexibility index (Phi) is 9.64.